The van der Waals surface area contributed by atoms with Crippen molar-refractivity contribution in [2.75, 3.05) is 6.54 Å². The van der Waals surface area contributed by atoms with Gasteiger partial charge in [0.15, 0.2) is 0 Å². The van der Waals surface area contributed by atoms with Gasteiger partial charge in [0, 0.05) is 6.54 Å². The number of carbonyl (C=O) groups is 3. The topological polar surface area (TPSA) is 107 Å². The first-order valence-electron chi connectivity index (χ1n) is 8.96. The molecule has 3 atom stereocenters. The lowest BCUT2D eigenvalue weighted by molar-refractivity contribution is -0.150. The molecule has 0 aromatic heterocycles. The summed E-state index contributed by atoms with van der Waals surface area (Å²) in [5.41, 5.74) is 1.04. The van der Waals surface area contributed by atoms with Crippen LogP contribution in [0.5, 0.6) is 0 Å². The van der Waals surface area contributed by atoms with E-state index in [1.54, 1.807) is 0 Å². The summed E-state index contributed by atoms with van der Waals surface area (Å²) < 4.78 is 0. The van der Waals surface area contributed by atoms with Crippen LogP contribution in [0.3, 0.4) is 0 Å². The largest absolute Gasteiger partial charge is 0.480 e. The highest BCUT2D eigenvalue weighted by Crippen LogP contribution is 2.17. The Kier molecular flexibility index (Phi) is 7.15. The number of aliphatic carboxylic acids is 2. The van der Waals surface area contributed by atoms with Gasteiger partial charge in [0.05, 0.1) is 6.04 Å². The zero-order valence-corrected chi connectivity index (χ0v) is 14.9. The van der Waals surface area contributed by atoms with Gasteiger partial charge < -0.3 is 15.1 Å². The minimum Gasteiger partial charge on any atom is -0.480 e. The summed E-state index contributed by atoms with van der Waals surface area (Å²) in [4.78, 5) is 36.9. The highest BCUT2D eigenvalue weighted by molar-refractivity contribution is 5.87. The molecule has 1 amide bonds. The summed E-state index contributed by atoms with van der Waals surface area (Å²) in [5.74, 6) is -2.39. The molecule has 2 rings (SSSR count). The van der Waals surface area contributed by atoms with Crippen molar-refractivity contribution in [2.45, 2.75) is 57.2 Å². The van der Waals surface area contributed by atoms with Crippen LogP contribution in [-0.4, -0.2) is 57.6 Å². The average Bonchev–Trinajstić information content (AvgIpc) is 2.80. The van der Waals surface area contributed by atoms with Crippen molar-refractivity contribution in [3.8, 4) is 0 Å². The first-order valence-corrected chi connectivity index (χ1v) is 8.96. The number of carboxylic acids is 2. The number of rotatable bonds is 8. The normalized spacial score (nSPS) is 20.3. The molecule has 1 fully saturated rings. The highest BCUT2D eigenvalue weighted by atomic mass is 16.4. The van der Waals surface area contributed by atoms with Gasteiger partial charge in [-0.15, -0.1) is 0 Å². The van der Waals surface area contributed by atoms with E-state index < -0.39 is 30.1 Å². The fourth-order valence-corrected chi connectivity index (χ4v) is 3.21. The zero-order chi connectivity index (χ0) is 19.1. The molecule has 7 heteroatoms. The van der Waals surface area contributed by atoms with Crippen LogP contribution in [0.15, 0.2) is 30.3 Å². The average molecular weight is 362 g/mol. The fourth-order valence-electron chi connectivity index (χ4n) is 3.21. The lowest BCUT2D eigenvalue weighted by Gasteiger charge is -2.29. The number of hydrogen-bond acceptors (Lipinski definition) is 4. The molecule has 1 aromatic rings. The van der Waals surface area contributed by atoms with Gasteiger partial charge in [0.1, 0.15) is 12.1 Å². The van der Waals surface area contributed by atoms with E-state index in [2.05, 4.69) is 5.32 Å². The van der Waals surface area contributed by atoms with Gasteiger partial charge in [0.25, 0.3) is 0 Å². The van der Waals surface area contributed by atoms with Crippen LogP contribution in [-0.2, 0) is 20.8 Å². The minimum atomic E-state index is -1.06. The minimum absolute atomic E-state index is 0.330. The molecule has 26 heavy (non-hydrogen) atoms. The maximum atomic E-state index is 12.7. The summed E-state index contributed by atoms with van der Waals surface area (Å²) in [6, 6.07) is 7.13. The summed E-state index contributed by atoms with van der Waals surface area (Å²) in [5, 5.41) is 21.7. The third-order valence-electron chi connectivity index (χ3n) is 4.81. The molecule has 0 unspecified atom stereocenters. The molecule has 0 spiro atoms. The predicted octanol–water partition coefficient (Wildman–Crippen LogP) is 1.52. The van der Waals surface area contributed by atoms with Crippen molar-refractivity contribution >= 4 is 17.8 Å². The van der Waals surface area contributed by atoms with Crippen LogP contribution >= 0.6 is 0 Å². The number of nitrogens with one attached hydrogen (secondary N) is 1. The standard InChI is InChI=1S/C19H26N2O5/c1-13(18(23)24)21-12-6-5-9-15(17(21)22)20-16(19(25)26)11-10-14-7-3-2-4-8-14/h2-4,7-8,13,15-16,20H,5-6,9-12H2,1H3,(H,23,24)(H,25,26)/t13-,15-,16-/m0/s1. The van der Waals surface area contributed by atoms with Gasteiger partial charge in [-0.05, 0) is 44.6 Å². The quantitative estimate of drug-likeness (QED) is 0.647. The summed E-state index contributed by atoms with van der Waals surface area (Å²) >= 11 is 0. The Morgan fingerprint density at radius 3 is 2.50 bits per heavy atom. The molecule has 1 aliphatic rings. The molecule has 142 valence electrons. The Morgan fingerprint density at radius 1 is 1.19 bits per heavy atom. The van der Waals surface area contributed by atoms with Crippen LogP contribution in [0.4, 0.5) is 0 Å². The first kappa shape index (κ1) is 19.9. The molecule has 0 saturated carbocycles. The Hall–Kier alpha value is -2.41. The van der Waals surface area contributed by atoms with E-state index in [1.807, 2.05) is 30.3 Å². The van der Waals surface area contributed by atoms with E-state index in [0.717, 1.165) is 12.0 Å². The van der Waals surface area contributed by atoms with E-state index in [1.165, 1.54) is 11.8 Å². The van der Waals surface area contributed by atoms with Crippen molar-refractivity contribution < 1.29 is 24.6 Å². The van der Waals surface area contributed by atoms with Crippen LogP contribution in [0.2, 0.25) is 0 Å². The van der Waals surface area contributed by atoms with E-state index in [9.17, 15) is 24.6 Å². The molecule has 1 heterocycles. The van der Waals surface area contributed by atoms with Gasteiger partial charge in [-0.3, -0.25) is 14.9 Å². The second-order valence-corrected chi connectivity index (χ2v) is 6.68. The first-order chi connectivity index (χ1) is 12.4. The van der Waals surface area contributed by atoms with Gasteiger partial charge in [0.2, 0.25) is 5.91 Å². The number of carbonyl (C=O) groups excluding carboxylic acids is 1. The van der Waals surface area contributed by atoms with Crippen molar-refractivity contribution in [2.24, 2.45) is 0 Å². The Bertz CT molecular complexity index is 634. The van der Waals surface area contributed by atoms with Crippen molar-refractivity contribution in [1.29, 1.82) is 0 Å². The van der Waals surface area contributed by atoms with Crippen LogP contribution in [0, 0.1) is 0 Å². The lowest BCUT2D eigenvalue weighted by Crippen LogP contribution is -2.54. The predicted molar refractivity (Wildman–Crippen MR) is 95.8 cm³/mol. The maximum absolute atomic E-state index is 12.7. The molecule has 1 aliphatic heterocycles. The SMILES string of the molecule is C[C@@H](C(=O)O)N1CCCC[C@H](N[C@@H](CCc2ccccc2)C(=O)O)C1=O. The summed E-state index contributed by atoms with van der Waals surface area (Å²) in [7, 11) is 0. The number of hydrogen-bond donors (Lipinski definition) is 3. The van der Waals surface area contributed by atoms with Gasteiger partial charge in [-0.1, -0.05) is 30.3 Å². The fraction of sp³-hybridized carbons (Fsp3) is 0.526. The Labute approximate surface area is 153 Å². The highest BCUT2D eigenvalue weighted by Gasteiger charge is 2.34. The molecular formula is C19H26N2O5. The molecule has 0 aliphatic carbocycles. The van der Waals surface area contributed by atoms with E-state index >= 15 is 0 Å². The van der Waals surface area contributed by atoms with Crippen molar-refractivity contribution in [3.63, 3.8) is 0 Å². The van der Waals surface area contributed by atoms with Crippen LogP contribution in [0.1, 0.15) is 38.2 Å². The van der Waals surface area contributed by atoms with Gasteiger partial charge in [-0.2, -0.15) is 0 Å². The number of nitrogens with zero attached hydrogens (tertiary/aromatic N) is 1. The zero-order valence-electron chi connectivity index (χ0n) is 14.9. The third kappa shape index (κ3) is 5.29. The van der Waals surface area contributed by atoms with Gasteiger partial charge >= 0.3 is 11.9 Å². The van der Waals surface area contributed by atoms with E-state index in [0.29, 0.717) is 32.2 Å². The smallest absolute Gasteiger partial charge is 0.326 e. The third-order valence-corrected chi connectivity index (χ3v) is 4.81. The second-order valence-electron chi connectivity index (χ2n) is 6.68. The number of aryl methyl sites for hydroxylation is 1. The summed E-state index contributed by atoms with van der Waals surface area (Å²) in [6.45, 7) is 1.86. The van der Waals surface area contributed by atoms with Gasteiger partial charge in [-0.25, -0.2) is 4.79 Å². The number of amides is 1. The maximum Gasteiger partial charge on any atom is 0.326 e. The Morgan fingerprint density at radius 2 is 1.88 bits per heavy atom. The molecule has 0 radical (unpaired) electrons. The molecule has 1 saturated heterocycles. The molecule has 3 N–H and O–H groups in total. The summed E-state index contributed by atoms with van der Waals surface area (Å²) in [6.07, 6.45) is 2.91. The molecule has 7 nitrogen and oxygen atoms in total. The monoisotopic (exact) mass is 362 g/mol. The van der Waals surface area contributed by atoms with Crippen molar-refractivity contribution in [3.05, 3.63) is 35.9 Å². The number of benzene rings is 1. The lowest BCUT2D eigenvalue weighted by atomic mass is 10.0. The Balaban J connectivity index is 2.04. The number of carboxylic acid groups (broad SMARTS) is 2. The molecular weight excluding hydrogens is 336 g/mol. The van der Waals surface area contributed by atoms with E-state index in [4.69, 9.17) is 0 Å². The number of likely N-dealkylation sites (tertiary alicyclic amines) is 1. The van der Waals surface area contributed by atoms with Crippen molar-refractivity contribution in [1.82, 2.24) is 10.2 Å². The van der Waals surface area contributed by atoms with Crippen LogP contribution < -0.4 is 5.32 Å². The van der Waals surface area contributed by atoms with Crippen LogP contribution in [0.25, 0.3) is 0 Å². The molecule has 0 bridgehead atoms. The van der Waals surface area contributed by atoms with E-state index in [-0.39, 0.29) is 5.91 Å². The second kappa shape index (κ2) is 9.33. The molecule has 1 aromatic carbocycles.